The number of hydrogen-bond donors (Lipinski definition) is 2. The molecule has 0 bridgehead atoms. The number of carbonyl (C=O) groups excluding carboxylic acids is 2. The average Bonchev–Trinajstić information content (AvgIpc) is 3.15. The van der Waals surface area contributed by atoms with Gasteiger partial charge in [0.2, 0.25) is 11.9 Å². The van der Waals surface area contributed by atoms with Gasteiger partial charge in [-0.3, -0.25) is 14.4 Å². The number of rotatable bonds is 6. The number of ketones is 1. The number of nitrogens with zero attached hydrogens (tertiary/aromatic N) is 5. The van der Waals surface area contributed by atoms with Crippen LogP contribution in [0.5, 0.6) is 0 Å². The van der Waals surface area contributed by atoms with E-state index in [-0.39, 0.29) is 35.1 Å². The second kappa shape index (κ2) is 8.31. The first-order chi connectivity index (χ1) is 14.9. The number of imidazole rings is 1. The van der Waals surface area contributed by atoms with Crippen molar-refractivity contribution in [3.63, 3.8) is 0 Å². The maximum Gasteiger partial charge on any atom is 0.293 e. The SMILES string of the molecule is CCn1c(N2CCCC(N)C2)nc2cnn(CC(=O)c3cccc(C(N)=O)c3)c(=O)c21. The van der Waals surface area contributed by atoms with Gasteiger partial charge in [0.15, 0.2) is 5.78 Å². The molecule has 162 valence electrons. The second-order valence-corrected chi connectivity index (χ2v) is 7.71. The Bertz CT molecular complexity index is 1210. The van der Waals surface area contributed by atoms with Gasteiger partial charge in [0.1, 0.15) is 17.6 Å². The van der Waals surface area contributed by atoms with Crippen LogP contribution in [0.2, 0.25) is 0 Å². The summed E-state index contributed by atoms with van der Waals surface area (Å²) >= 11 is 0. The van der Waals surface area contributed by atoms with E-state index < -0.39 is 5.91 Å². The van der Waals surface area contributed by atoms with Gasteiger partial charge < -0.3 is 20.9 Å². The number of aromatic nitrogens is 4. The quantitative estimate of drug-likeness (QED) is 0.550. The summed E-state index contributed by atoms with van der Waals surface area (Å²) in [5, 5.41) is 4.15. The topological polar surface area (TPSA) is 142 Å². The summed E-state index contributed by atoms with van der Waals surface area (Å²) in [4.78, 5) is 44.0. The van der Waals surface area contributed by atoms with Crippen molar-refractivity contribution < 1.29 is 9.59 Å². The fraction of sp³-hybridized carbons (Fsp3) is 0.381. The monoisotopic (exact) mass is 423 g/mol. The first kappa shape index (κ1) is 20.7. The minimum atomic E-state index is -0.622. The summed E-state index contributed by atoms with van der Waals surface area (Å²) in [6, 6.07) is 6.18. The molecule has 1 fully saturated rings. The fourth-order valence-electron chi connectivity index (χ4n) is 3.99. The largest absolute Gasteiger partial charge is 0.366 e. The molecule has 3 aromatic rings. The van der Waals surface area contributed by atoms with E-state index in [0.717, 1.165) is 24.1 Å². The molecule has 0 radical (unpaired) electrons. The first-order valence-corrected chi connectivity index (χ1v) is 10.3. The lowest BCUT2D eigenvalue weighted by Gasteiger charge is -2.31. The molecule has 10 nitrogen and oxygen atoms in total. The van der Waals surface area contributed by atoms with Crippen LogP contribution in [0.3, 0.4) is 0 Å². The van der Waals surface area contributed by atoms with E-state index in [1.165, 1.54) is 18.3 Å². The van der Waals surface area contributed by atoms with Gasteiger partial charge in [-0.2, -0.15) is 5.10 Å². The highest BCUT2D eigenvalue weighted by Crippen LogP contribution is 2.23. The number of nitrogens with two attached hydrogens (primary N) is 2. The van der Waals surface area contributed by atoms with Gasteiger partial charge in [0.25, 0.3) is 5.56 Å². The number of amides is 1. The normalized spacial score (nSPS) is 16.6. The van der Waals surface area contributed by atoms with Gasteiger partial charge in [-0.1, -0.05) is 12.1 Å². The molecule has 10 heteroatoms. The van der Waals surface area contributed by atoms with E-state index in [1.807, 2.05) is 11.5 Å². The smallest absolute Gasteiger partial charge is 0.293 e. The minimum Gasteiger partial charge on any atom is -0.366 e. The van der Waals surface area contributed by atoms with Crippen LogP contribution in [-0.2, 0) is 13.1 Å². The van der Waals surface area contributed by atoms with Gasteiger partial charge in [-0.25, -0.2) is 9.67 Å². The summed E-state index contributed by atoms with van der Waals surface area (Å²) in [6.45, 7) is 3.74. The first-order valence-electron chi connectivity index (χ1n) is 10.3. The minimum absolute atomic E-state index is 0.0717. The molecule has 1 unspecified atom stereocenters. The molecule has 0 spiro atoms. The summed E-state index contributed by atoms with van der Waals surface area (Å²) in [5.41, 5.74) is 12.4. The molecule has 1 aliphatic rings. The number of carbonyl (C=O) groups is 2. The van der Waals surface area contributed by atoms with Crippen molar-refractivity contribution in [1.29, 1.82) is 0 Å². The lowest BCUT2D eigenvalue weighted by molar-refractivity contribution is 0.0966. The third-order valence-electron chi connectivity index (χ3n) is 5.55. The summed E-state index contributed by atoms with van der Waals surface area (Å²) in [7, 11) is 0. The molecule has 2 aromatic heterocycles. The van der Waals surface area contributed by atoms with E-state index in [1.54, 1.807) is 12.1 Å². The van der Waals surface area contributed by atoms with E-state index in [2.05, 4.69) is 15.0 Å². The summed E-state index contributed by atoms with van der Waals surface area (Å²) < 4.78 is 2.98. The molecule has 1 aromatic carbocycles. The number of Topliss-reactive ketones (excluding diaryl/α,β-unsaturated/α-hetero) is 1. The third-order valence-corrected chi connectivity index (χ3v) is 5.55. The van der Waals surface area contributed by atoms with Crippen LogP contribution < -0.4 is 21.9 Å². The Balaban J connectivity index is 1.69. The van der Waals surface area contributed by atoms with Crippen LogP contribution in [0.25, 0.3) is 11.0 Å². The molecular weight excluding hydrogens is 398 g/mol. The van der Waals surface area contributed by atoms with Crippen molar-refractivity contribution >= 4 is 28.7 Å². The zero-order valence-corrected chi connectivity index (χ0v) is 17.3. The van der Waals surface area contributed by atoms with Crippen molar-refractivity contribution in [3.05, 3.63) is 51.9 Å². The maximum atomic E-state index is 13.2. The Hall–Kier alpha value is -3.53. The number of primary amides is 1. The standard InChI is InChI=1S/C21H25N7O3/c1-2-27-18-16(25-21(27)26-8-4-7-15(22)11-26)10-24-28(20(18)31)12-17(29)13-5-3-6-14(9-13)19(23)30/h3,5-6,9-10,15H,2,4,7-8,11-12,22H2,1H3,(H2,23,30). The molecular formula is C21H25N7O3. The molecule has 4 rings (SSSR count). The fourth-order valence-corrected chi connectivity index (χ4v) is 3.99. The molecule has 1 atom stereocenters. The van der Waals surface area contributed by atoms with Crippen LogP contribution in [0, 0.1) is 0 Å². The van der Waals surface area contributed by atoms with Crippen LogP contribution >= 0.6 is 0 Å². The molecule has 4 N–H and O–H groups in total. The van der Waals surface area contributed by atoms with Gasteiger partial charge in [0, 0.05) is 36.8 Å². The molecule has 1 amide bonds. The molecule has 0 saturated carbocycles. The highest BCUT2D eigenvalue weighted by molar-refractivity contribution is 6.00. The van der Waals surface area contributed by atoms with E-state index in [4.69, 9.17) is 11.5 Å². The van der Waals surface area contributed by atoms with Crippen LogP contribution in [0.15, 0.2) is 35.3 Å². The van der Waals surface area contributed by atoms with Crippen molar-refractivity contribution in [2.75, 3.05) is 18.0 Å². The second-order valence-electron chi connectivity index (χ2n) is 7.71. The molecule has 0 aliphatic carbocycles. The lowest BCUT2D eigenvalue weighted by Crippen LogP contribution is -2.44. The van der Waals surface area contributed by atoms with Crippen LogP contribution in [-0.4, -0.2) is 50.2 Å². The van der Waals surface area contributed by atoms with Crippen molar-refractivity contribution in [2.45, 2.75) is 38.9 Å². The highest BCUT2D eigenvalue weighted by Gasteiger charge is 2.24. The number of piperidine rings is 1. The predicted octanol–water partition coefficient (Wildman–Crippen LogP) is 0.522. The maximum absolute atomic E-state index is 13.2. The Morgan fingerprint density at radius 1 is 1.26 bits per heavy atom. The van der Waals surface area contributed by atoms with E-state index in [9.17, 15) is 14.4 Å². The van der Waals surface area contributed by atoms with Gasteiger partial charge in [0.05, 0.1) is 6.20 Å². The Morgan fingerprint density at radius 3 is 2.74 bits per heavy atom. The van der Waals surface area contributed by atoms with Gasteiger partial charge in [-0.15, -0.1) is 0 Å². The zero-order chi connectivity index (χ0) is 22.1. The summed E-state index contributed by atoms with van der Waals surface area (Å²) in [6.07, 6.45) is 3.44. The Kier molecular flexibility index (Phi) is 5.55. The van der Waals surface area contributed by atoms with Gasteiger partial charge in [-0.05, 0) is 31.9 Å². The molecule has 1 aliphatic heterocycles. The predicted molar refractivity (Wildman–Crippen MR) is 116 cm³/mol. The zero-order valence-electron chi connectivity index (χ0n) is 17.3. The molecule has 3 heterocycles. The van der Waals surface area contributed by atoms with Gasteiger partial charge >= 0.3 is 0 Å². The number of anilines is 1. The molecule has 31 heavy (non-hydrogen) atoms. The number of hydrogen-bond acceptors (Lipinski definition) is 7. The summed E-state index contributed by atoms with van der Waals surface area (Å²) in [5.74, 6) is -0.269. The number of fused-ring (bicyclic) bond motifs is 1. The number of benzene rings is 1. The number of aryl methyl sites for hydroxylation is 1. The third kappa shape index (κ3) is 3.93. The van der Waals surface area contributed by atoms with Crippen molar-refractivity contribution in [3.8, 4) is 0 Å². The van der Waals surface area contributed by atoms with E-state index >= 15 is 0 Å². The van der Waals surface area contributed by atoms with E-state index in [0.29, 0.717) is 30.1 Å². The Morgan fingerprint density at radius 2 is 2.03 bits per heavy atom. The molecule has 1 saturated heterocycles. The lowest BCUT2D eigenvalue weighted by atomic mass is 10.1. The van der Waals surface area contributed by atoms with Crippen molar-refractivity contribution in [1.82, 2.24) is 19.3 Å². The van der Waals surface area contributed by atoms with Crippen LogP contribution in [0.1, 0.15) is 40.5 Å². The highest BCUT2D eigenvalue weighted by atomic mass is 16.2. The van der Waals surface area contributed by atoms with Crippen LogP contribution in [0.4, 0.5) is 5.95 Å². The van der Waals surface area contributed by atoms with Crippen molar-refractivity contribution in [2.24, 2.45) is 11.5 Å². The average molecular weight is 423 g/mol. The Labute approximate surface area is 178 Å².